The Labute approximate surface area is 270 Å². The lowest BCUT2D eigenvalue weighted by Crippen LogP contribution is -2.45. The molecule has 1 heterocycles. The average molecular weight is 747 g/mol. The number of benzene rings is 3. The van der Waals surface area contributed by atoms with Crippen LogP contribution in [0.25, 0.3) is 10.8 Å². The van der Waals surface area contributed by atoms with E-state index in [9.17, 15) is 26.3 Å². The summed E-state index contributed by atoms with van der Waals surface area (Å²) >= 11 is 2.11. The van der Waals surface area contributed by atoms with Gasteiger partial charge in [0.2, 0.25) is 5.83 Å². The highest BCUT2D eigenvalue weighted by atomic mass is 127. The summed E-state index contributed by atoms with van der Waals surface area (Å²) in [7, 11) is 3.13. The molecular weight excluding hydrogens is 715 g/mol. The van der Waals surface area contributed by atoms with Crippen LogP contribution in [0.5, 0.6) is 0 Å². The van der Waals surface area contributed by atoms with E-state index in [4.69, 9.17) is 0 Å². The normalized spacial score (nSPS) is 19.2. The third kappa shape index (κ3) is 5.99. The minimum atomic E-state index is -4.60. The summed E-state index contributed by atoms with van der Waals surface area (Å²) in [5.41, 5.74) is -2.78. The van der Waals surface area contributed by atoms with Crippen molar-refractivity contribution in [2.75, 3.05) is 24.3 Å². The predicted molar refractivity (Wildman–Crippen MR) is 173 cm³/mol. The van der Waals surface area contributed by atoms with Crippen molar-refractivity contribution in [2.45, 2.75) is 47.6 Å². The number of nitrogens with zero attached hydrogens (tertiary/aromatic N) is 1. The number of halogens is 9. The summed E-state index contributed by atoms with van der Waals surface area (Å²) in [6.45, 7) is 4.67. The van der Waals surface area contributed by atoms with Gasteiger partial charge in [0, 0.05) is 46.1 Å². The third-order valence-electron chi connectivity index (χ3n) is 8.47. The van der Waals surface area contributed by atoms with Crippen molar-refractivity contribution in [3.05, 3.63) is 119 Å². The van der Waals surface area contributed by atoms with E-state index in [1.54, 1.807) is 55.6 Å². The van der Waals surface area contributed by atoms with E-state index >= 15 is 8.78 Å². The zero-order chi connectivity index (χ0) is 33.5. The zero-order valence-electron chi connectivity index (χ0n) is 25.0. The van der Waals surface area contributed by atoms with Crippen LogP contribution in [0.15, 0.2) is 103 Å². The number of fused-ring (bicyclic) bond motifs is 3. The van der Waals surface area contributed by atoms with Crippen molar-refractivity contribution in [2.24, 2.45) is 0 Å². The highest BCUT2D eigenvalue weighted by molar-refractivity contribution is 14.1. The number of anilines is 2. The van der Waals surface area contributed by atoms with Crippen LogP contribution >= 0.6 is 22.6 Å². The lowest BCUT2D eigenvalue weighted by Gasteiger charge is -2.35. The first-order valence-electron chi connectivity index (χ1n) is 13.8. The molecule has 1 N–H and O–H groups in total. The fraction of sp³-hybridized carbons (Fsp3) is 0.294. The first-order valence-corrected chi connectivity index (χ1v) is 15.1. The molecule has 0 spiro atoms. The molecule has 0 amide bonds. The Balaban J connectivity index is 1.73. The molecule has 2 unspecified atom stereocenters. The second kappa shape index (κ2) is 12.4. The molecule has 3 aromatic rings. The molecule has 0 saturated heterocycles. The Morgan fingerprint density at radius 1 is 0.933 bits per heavy atom. The van der Waals surface area contributed by atoms with Crippen LogP contribution < -0.4 is 10.2 Å². The molecule has 0 fully saturated rings. The second-order valence-corrected chi connectivity index (χ2v) is 12.8. The topological polar surface area (TPSA) is 15.3 Å². The van der Waals surface area contributed by atoms with E-state index < -0.39 is 40.4 Å². The molecule has 4 rings (SSSR count). The van der Waals surface area contributed by atoms with Crippen molar-refractivity contribution in [3.63, 3.8) is 0 Å². The van der Waals surface area contributed by atoms with Crippen LogP contribution in [0.4, 0.5) is 46.5 Å². The van der Waals surface area contributed by atoms with Crippen LogP contribution in [0.3, 0.4) is 0 Å². The number of rotatable bonds is 8. The van der Waals surface area contributed by atoms with Crippen LogP contribution in [-0.2, 0) is 17.0 Å². The maximum absolute atomic E-state index is 15.8. The van der Waals surface area contributed by atoms with Gasteiger partial charge in [0.25, 0.3) is 0 Å². The number of nitrogens with one attached hydrogen (secondary N) is 1. The molecule has 0 saturated carbocycles. The quantitative estimate of drug-likeness (QED) is 0.107. The molecule has 1 aliphatic heterocycles. The molecule has 1 aliphatic rings. The Hall–Kier alpha value is -3.35. The van der Waals surface area contributed by atoms with Gasteiger partial charge in [-0.05, 0) is 53.6 Å². The molecule has 240 valence electrons. The van der Waals surface area contributed by atoms with E-state index in [1.807, 2.05) is 13.8 Å². The lowest BCUT2D eigenvalue weighted by molar-refractivity contribution is -0.137. The summed E-state index contributed by atoms with van der Waals surface area (Å²) < 4.78 is 113. The van der Waals surface area contributed by atoms with Crippen LogP contribution in [0.2, 0.25) is 0 Å². The highest BCUT2D eigenvalue weighted by Crippen LogP contribution is 2.59. The number of hydrogen-bond donors (Lipinski definition) is 1. The molecule has 0 aliphatic carbocycles. The summed E-state index contributed by atoms with van der Waals surface area (Å²) in [5.74, 6) is -7.39. The smallest absolute Gasteiger partial charge is 0.388 e. The van der Waals surface area contributed by atoms with Crippen molar-refractivity contribution in [1.29, 1.82) is 0 Å². The van der Waals surface area contributed by atoms with E-state index in [0.29, 0.717) is 27.7 Å². The molecule has 11 heteroatoms. The maximum Gasteiger partial charge on any atom is 0.416 e. The molecule has 3 aromatic carbocycles. The Bertz CT molecular complexity index is 1720. The van der Waals surface area contributed by atoms with Gasteiger partial charge in [0.1, 0.15) is 5.41 Å². The van der Waals surface area contributed by atoms with E-state index in [2.05, 4.69) is 27.9 Å². The van der Waals surface area contributed by atoms with Gasteiger partial charge in [-0.3, -0.25) is 0 Å². The van der Waals surface area contributed by atoms with Gasteiger partial charge in [0.15, 0.2) is 0 Å². The molecule has 0 radical (unpaired) electrons. The monoisotopic (exact) mass is 746 g/mol. The fourth-order valence-corrected chi connectivity index (χ4v) is 6.40. The second-order valence-electron chi connectivity index (χ2n) is 11.5. The lowest BCUT2D eigenvalue weighted by atomic mass is 9.73. The SMILES string of the molecule is CNc1ccc(C(F)(F)F)cc1C(C)(C)C(I)/C=C/C=C/C=C1/N(C)c2ccc3ccccc3c2C1(C)C(F)(F)C(F)=C(F)F. The highest BCUT2D eigenvalue weighted by Gasteiger charge is 2.63. The zero-order valence-corrected chi connectivity index (χ0v) is 27.2. The summed E-state index contributed by atoms with van der Waals surface area (Å²) in [6.07, 6.45) is 0.0850. The minimum absolute atomic E-state index is 0.0233. The molecule has 2 nitrogen and oxygen atoms in total. The largest absolute Gasteiger partial charge is 0.416 e. The molecule has 0 bridgehead atoms. The number of allylic oxidation sites excluding steroid dienone is 7. The van der Waals surface area contributed by atoms with Crippen molar-refractivity contribution in [1.82, 2.24) is 0 Å². The number of likely N-dealkylation sites (N-methyl/N-ethyl adjacent to an activating group) is 1. The summed E-state index contributed by atoms with van der Waals surface area (Å²) in [4.78, 5) is 1.43. The fourth-order valence-electron chi connectivity index (χ4n) is 5.83. The van der Waals surface area contributed by atoms with Crippen LogP contribution in [0, 0.1) is 0 Å². The van der Waals surface area contributed by atoms with Crippen molar-refractivity contribution >= 4 is 44.7 Å². The summed E-state index contributed by atoms with van der Waals surface area (Å²) in [5, 5.41) is 3.92. The summed E-state index contributed by atoms with van der Waals surface area (Å²) in [6, 6.07) is 13.5. The maximum atomic E-state index is 15.8. The van der Waals surface area contributed by atoms with Gasteiger partial charge in [0.05, 0.1) is 5.56 Å². The van der Waals surface area contributed by atoms with Crippen molar-refractivity contribution < 1.29 is 35.1 Å². The minimum Gasteiger partial charge on any atom is -0.388 e. The van der Waals surface area contributed by atoms with Gasteiger partial charge < -0.3 is 10.2 Å². The standard InChI is InChI=1S/C34H31F8IN2/c1-31(2,23-19-21(34(40,41)42)16-17-24(23)44-4)26(43)13-7-6-8-14-27-32(3,33(38,39)29(35)30(36)37)28-22-12-10-9-11-20(22)15-18-25(28)45(27)5/h6-19,26,44H,1-5H3/b8-6+,13-7+,27-14+. The Morgan fingerprint density at radius 2 is 1.60 bits per heavy atom. The van der Waals surface area contributed by atoms with Crippen LogP contribution in [0.1, 0.15) is 37.5 Å². The predicted octanol–water partition coefficient (Wildman–Crippen LogP) is 11.1. The first-order chi connectivity index (χ1) is 20.9. The van der Waals surface area contributed by atoms with Gasteiger partial charge in [-0.1, -0.05) is 91.1 Å². The molecule has 2 atom stereocenters. The van der Waals surface area contributed by atoms with E-state index in [1.165, 1.54) is 36.2 Å². The van der Waals surface area contributed by atoms with E-state index in [0.717, 1.165) is 19.1 Å². The number of hydrogen-bond acceptors (Lipinski definition) is 2. The van der Waals surface area contributed by atoms with Crippen LogP contribution in [-0.4, -0.2) is 23.9 Å². The van der Waals surface area contributed by atoms with Gasteiger partial charge in [-0.15, -0.1) is 0 Å². The van der Waals surface area contributed by atoms with Crippen molar-refractivity contribution in [3.8, 4) is 0 Å². The first kappa shape index (κ1) is 34.5. The van der Waals surface area contributed by atoms with E-state index in [-0.39, 0.29) is 15.2 Å². The Morgan fingerprint density at radius 3 is 2.22 bits per heavy atom. The van der Waals surface area contributed by atoms with Gasteiger partial charge >= 0.3 is 18.2 Å². The Kier molecular flexibility index (Phi) is 9.55. The third-order valence-corrected chi connectivity index (χ3v) is 10.4. The average Bonchev–Trinajstić information content (AvgIpc) is 3.22. The molecule has 45 heavy (non-hydrogen) atoms. The number of alkyl halides is 6. The molecule has 0 aromatic heterocycles. The van der Waals surface area contributed by atoms with Gasteiger partial charge in [-0.2, -0.15) is 35.1 Å². The van der Waals surface area contributed by atoms with Gasteiger partial charge in [-0.25, -0.2) is 0 Å². The molecular formula is C34H31F8IN2.